The summed E-state index contributed by atoms with van der Waals surface area (Å²) < 4.78 is 9.99. The van der Waals surface area contributed by atoms with Crippen molar-refractivity contribution in [1.82, 2.24) is 9.36 Å². The maximum atomic E-state index is 5.62. The third-order valence-electron chi connectivity index (χ3n) is 2.99. The molecule has 1 N–H and O–H groups in total. The fraction of sp³-hybridized carbons (Fsp3) is 0.429. The summed E-state index contributed by atoms with van der Waals surface area (Å²) in [6.45, 7) is 1.58. The van der Waals surface area contributed by atoms with Crippen LogP contribution in [0.3, 0.4) is 0 Å². The van der Waals surface area contributed by atoms with Gasteiger partial charge in [-0.15, -0.1) is 0 Å². The smallest absolute Gasteiger partial charge is 0.202 e. The van der Waals surface area contributed by atoms with Gasteiger partial charge < -0.3 is 10.1 Å². The number of ether oxygens (including phenoxy) is 1. The molecule has 2 aromatic rings. The first kappa shape index (κ1) is 12.4. The molecule has 4 nitrogen and oxygen atoms in total. The molecular formula is C14H17N3OS. The predicted octanol–water partition coefficient (Wildman–Crippen LogP) is 3.30. The van der Waals surface area contributed by atoms with Gasteiger partial charge in [0, 0.05) is 24.0 Å². The highest BCUT2D eigenvalue weighted by molar-refractivity contribution is 7.09. The first-order valence-corrected chi connectivity index (χ1v) is 7.44. The number of anilines is 1. The van der Waals surface area contributed by atoms with Crippen LogP contribution in [0.15, 0.2) is 30.3 Å². The number of para-hydroxylation sites is 1. The molecule has 0 amide bonds. The minimum absolute atomic E-state index is 0.633. The van der Waals surface area contributed by atoms with Gasteiger partial charge in [0.25, 0.3) is 0 Å². The van der Waals surface area contributed by atoms with E-state index in [0.29, 0.717) is 12.5 Å². The maximum Gasteiger partial charge on any atom is 0.202 e. The Morgan fingerprint density at radius 1 is 1.26 bits per heavy atom. The monoisotopic (exact) mass is 275 g/mol. The van der Waals surface area contributed by atoms with Crippen molar-refractivity contribution < 1.29 is 4.74 Å². The fourth-order valence-electron chi connectivity index (χ4n) is 1.79. The molecule has 1 aromatic carbocycles. The molecule has 100 valence electrons. The molecular weight excluding hydrogens is 258 g/mol. The largest absolute Gasteiger partial charge is 0.494 e. The van der Waals surface area contributed by atoms with Gasteiger partial charge in [0.2, 0.25) is 5.13 Å². The third kappa shape index (κ3) is 3.67. The Morgan fingerprint density at radius 3 is 2.89 bits per heavy atom. The van der Waals surface area contributed by atoms with Crippen LogP contribution in [0.4, 0.5) is 5.13 Å². The third-order valence-corrected chi connectivity index (χ3v) is 3.68. The van der Waals surface area contributed by atoms with E-state index in [9.17, 15) is 0 Å². The van der Waals surface area contributed by atoms with Gasteiger partial charge in [-0.1, -0.05) is 18.2 Å². The van der Waals surface area contributed by atoms with Crippen molar-refractivity contribution in [2.45, 2.75) is 25.2 Å². The lowest BCUT2D eigenvalue weighted by Crippen LogP contribution is -2.07. The topological polar surface area (TPSA) is 47.0 Å². The number of benzene rings is 1. The average molecular weight is 275 g/mol. The molecule has 0 bridgehead atoms. The lowest BCUT2D eigenvalue weighted by molar-refractivity contribution is 0.315. The van der Waals surface area contributed by atoms with Gasteiger partial charge in [0.15, 0.2) is 0 Å². The molecule has 0 spiro atoms. The molecule has 1 aromatic heterocycles. The van der Waals surface area contributed by atoms with E-state index in [1.165, 1.54) is 24.4 Å². The summed E-state index contributed by atoms with van der Waals surface area (Å²) in [5.41, 5.74) is 0. The standard InChI is InChI=1S/C14H17N3OS/c1-2-5-12(6-3-1)18-10-4-9-15-14-16-13(17-19-14)11-7-8-11/h1-3,5-6,11H,4,7-10H2,(H,15,16,17). The molecule has 3 rings (SSSR count). The quantitative estimate of drug-likeness (QED) is 0.788. The van der Waals surface area contributed by atoms with E-state index in [-0.39, 0.29) is 0 Å². The lowest BCUT2D eigenvalue weighted by atomic mass is 10.3. The van der Waals surface area contributed by atoms with E-state index < -0.39 is 0 Å². The summed E-state index contributed by atoms with van der Waals surface area (Å²) in [5, 5.41) is 4.23. The number of rotatable bonds is 7. The number of hydrogen-bond acceptors (Lipinski definition) is 5. The predicted molar refractivity (Wildman–Crippen MR) is 76.9 cm³/mol. The van der Waals surface area contributed by atoms with Gasteiger partial charge >= 0.3 is 0 Å². The van der Waals surface area contributed by atoms with E-state index in [0.717, 1.165) is 29.7 Å². The molecule has 1 heterocycles. The van der Waals surface area contributed by atoms with E-state index in [4.69, 9.17) is 4.74 Å². The summed E-state index contributed by atoms with van der Waals surface area (Å²) >= 11 is 1.46. The van der Waals surface area contributed by atoms with Crippen LogP contribution in [-0.2, 0) is 0 Å². The number of hydrogen-bond donors (Lipinski definition) is 1. The second-order valence-electron chi connectivity index (χ2n) is 4.67. The van der Waals surface area contributed by atoms with Crippen molar-refractivity contribution in [2.75, 3.05) is 18.5 Å². The Kier molecular flexibility index (Phi) is 3.93. The molecule has 0 radical (unpaired) electrons. The van der Waals surface area contributed by atoms with Crippen molar-refractivity contribution in [3.8, 4) is 5.75 Å². The normalized spacial score (nSPS) is 14.3. The summed E-state index contributed by atoms with van der Waals surface area (Å²) in [6.07, 6.45) is 3.45. The number of aromatic nitrogens is 2. The van der Waals surface area contributed by atoms with E-state index in [2.05, 4.69) is 14.7 Å². The number of nitrogens with one attached hydrogen (secondary N) is 1. The van der Waals surface area contributed by atoms with E-state index in [1.54, 1.807) is 0 Å². The van der Waals surface area contributed by atoms with Crippen LogP contribution in [0.5, 0.6) is 5.75 Å². The molecule has 0 atom stereocenters. The second-order valence-corrected chi connectivity index (χ2v) is 5.43. The van der Waals surface area contributed by atoms with Gasteiger partial charge in [-0.25, -0.2) is 4.98 Å². The highest BCUT2D eigenvalue weighted by atomic mass is 32.1. The minimum Gasteiger partial charge on any atom is -0.494 e. The summed E-state index contributed by atoms with van der Waals surface area (Å²) in [5.74, 6) is 2.58. The summed E-state index contributed by atoms with van der Waals surface area (Å²) in [4.78, 5) is 4.48. The molecule has 5 heteroatoms. The minimum atomic E-state index is 0.633. The van der Waals surface area contributed by atoms with Crippen molar-refractivity contribution in [3.05, 3.63) is 36.2 Å². The highest BCUT2D eigenvalue weighted by Gasteiger charge is 2.27. The Morgan fingerprint density at radius 2 is 2.11 bits per heavy atom. The van der Waals surface area contributed by atoms with Crippen molar-refractivity contribution in [2.24, 2.45) is 0 Å². The zero-order valence-corrected chi connectivity index (χ0v) is 11.5. The molecule has 19 heavy (non-hydrogen) atoms. The SMILES string of the molecule is c1ccc(OCCCNc2nc(C3CC3)ns2)cc1. The molecule has 1 fully saturated rings. The van der Waals surface area contributed by atoms with Crippen LogP contribution in [0, 0.1) is 0 Å². The summed E-state index contributed by atoms with van der Waals surface area (Å²) in [6, 6.07) is 9.89. The van der Waals surface area contributed by atoms with Crippen LogP contribution >= 0.6 is 11.5 Å². The highest BCUT2D eigenvalue weighted by Crippen LogP contribution is 2.39. The molecule has 0 unspecified atom stereocenters. The lowest BCUT2D eigenvalue weighted by Gasteiger charge is -2.05. The van der Waals surface area contributed by atoms with Crippen LogP contribution in [0.2, 0.25) is 0 Å². The van der Waals surface area contributed by atoms with Crippen molar-refractivity contribution >= 4 is 16.7 Å². The van der Waals surface area contributed by atoms with Gasteiger partial charge in [-0.3, -0.25) is 0 Å². The summed E-state index contributed by atoms with van der Waals surface area (Å²) in [7, 11) is 0. The van der Waals surface area contributed by atoms with Gasteiger partial charge in [-0.2, -0.15) is 4.37 Å². The average Bonchev–Trinajstić information content (AvgIpc) is 3.20. The van der Waals surface area contributed by atoms with Crippen LogP contribution in [0.25, 0.3) is 0 Å². The zero-order chi connectivity index (χ0) is 12.9. The Hall–Kier alpha value is -1.62. The Balaban J connectivity index is 1.34. The van der Waals surface area contributed by atoms with Gasteiger partial charge in [0.05, 0.1) is 6.61 Å². The van der Waals surface area contributed by atoms with Gasteiger partial charge in [0.1, 0.15) is 11.6 Å². The molecule has 0 saturated heterocycles. The Bertz CT molecular complexity index is 510. The van der Waals surface area contributed by atoms with Crippen LogP contribution in [-0.4, -0.2) is 22.5 Å². The van der Waals surface area contributed by atoms with Crippen molar-refractivity contribution in [1.29, 1.82) is 0 Å². The number of nitrogens with zero attached hydrogens (tertiary/aromatic N) is 2. The zero-order valence-electron chi connectivity index (χ0n) is 10.7. The van der Waals surface area contributed by atoms with Crippen LogP contribution < -0.4 is 10.1 Å². The molecule has 0 aliphatic heterocycles. The first-order valence-electron chi connectivity index (χ1n) is 6.67. The molecule has 1 aliphatic carbocycles. The van der Waals surface area contributed by atoms with Crippen LogP contribution in [0.1, 0.15) is 31.0 Å². The Labute approximate surface area is 117 Å². The maximum absolute atomic E-state index is 5.62. The van der Waals surface area contributed by atoms with E-state index >= 15 is 0 Å². The molecule has 1 saturated carbocycles. The van der Waals surface area contributed by atoms with E-state index in [1.807, 2.05) is 30.3 Å². The van der Waals surface area contributed by atoms with Gasteiger partial charge in [-0.05, 0) is 31.4 Å². The van der Waals surface area contributed by atoms with Crippen molar-refractivity contribution in [3.63, 3.8) is 0 Å². The second kappa shape index (κ2) is 6.02. The first-order chi connectivity index (χ1) is 9.42. The fourth-order valence-corrected chi connectivity index (χ4v) is 2.46. The molecule has 1 aliphatic rings.